The molecule has 2 aromatic heterocycles. The van der Waals surface area contributed by atoms with E-state index < -0.39 is 0 Å². The molecule has 0 aliphatic rings. The molecule has 0 radical (unpaired) electrons. The molecule has 0 amide bonds. The van der Waals surface area contributed by atoms with E-state index in [4.69, 9.17) is 0 Å². The highest BCUT2D eigenvalue weighted by Crippen LogP contribution is 2.33. The highest BCUT2D eigenvalue weighted by Gasteiger charge is 2.05. The molecular formula is C17H15BrN2S. The Hall–Kier alpha value is -1.49. The number of rotatable bonds is 5. The summed E-state index contributed by atoms with van der Waals surface area (Å²) in [7, 11) is 0. The first-order valence-corrected chi connectivity index (χ1v) is 8.37. The predicted octanol–water partition coefficient (Wildman–Crippen LogP) is 4.86. The highest BCUT2D eigenvalue weighted by molar-refractivity contribution is 9.10. The van der Waals surface area contributed by atoms with Crippen LogP contribution in [0.3, 0.4) is 0 Å². The number of thiophene rings is 1. The van der Waals surface area contributed by atoms with Gasteiger partial charge in [-0.3, -0.25) is 4.98 Å². The first-order valence-electron chi connectivity index (χ1n) is 6.76. The zero-order valence-electron chi connectivity index (χ0n) is 11.4. The second-order valence-electron chi connectivity index (χ2n) is 4.71. The van der Waals surface area contributed by atoms with E-state index in [-0.39, 0.29) is 0 Å². The SMILES string of the molecule is Brc1ccccc1-c1ccc(CNCc2cccnc2)s1. The van der Waals surface area contributed by atoms with Crippen LogP contribution in [-0.4, -0.2) is 4.98 Å². The van der Waals surface area contributed by atoms with Crippen LogP contribution in [0.2, 0.25) is 0 Å². The minimum atomic E-state index is 0.843. The molecule has 0 aliphatic carbocycles. The summed E-state index contributed by atoms with van der Waals surface area (Å²) in [6.07, 6.45) is 3.70. The fourth-order valence-electron chi connectivity index (χ4n) is 2.11. The molecule has 106 valence electrons. The Kier molecular flexibility index (Phi) is 4.80. The fourth-order valence-corrected chi connectivity index (χ4v) is 3.76. The van der Waals surface area contributed by atoms with Gasteiger partial charge < -0.3 is 5.32 Å². The number of benzene rings is 1. The number of hydrogen-bond acceptors (Lipinski definition) is 3. The average Bonchev–Trinajstić information content (AvgIpc) is 2.97. The van der Waals surface area contributed by atoms with Crippen LogP contribution in [0.15, 0.2) is 65.4 Å². The molecule has 0 spiro atoms. The normalized spacial score (nSPS) is 10.7. The van der Waals surface area contributed by atoms with E-state index in [0.29, 0.717) is 0 Å². The number of hydrogen-bond donors (Lipinski definition) is 1. The Morgan fingerprint density at radius 1 is 1.00 bits per heavy atom. The molecule has 0 unspecified atom stereocenters. The van der Waals surface area contributed by atoms with Gasteiger partial charge in [-0.1, -0.05) is 40.2 Å². The first kappa shape index (κ1) is 14.4. The standard InChI is InChI=1S/C17H15BrN2S/c18-16-6-2-1-5-15(16)17-8-7-14(21-17)12-20-11-13-4-3-9-19-10-13/h1-10,20H,11-12H2. The number of nitrogens with one attached hydrogen (secondary N) is 1. The molecule has 0 atom stereocenters. The minimum absolute atomic E-state index is 0.843. The van der Waals surface area contributed by atoms with Crippen molar-refractivity contribution in [2.24, 2.45) is 0 Å². The fraction of sp³-hybridized carbons (Fsp3) is 0.118. The summed E-state index contributed by atoms with van der Waals surface area (Å²) in [5.41, 5.74) is 2.46. The molecule has 0 fully saturated rings. The van der Waals surface area contributed by atoms with Gasteiger partial charge in [-0.25, -0.2) is 0 Å². The Balaban J connectivity index is 1.62. The summed E-state index contributed by atoms with van der Waals surface area (Å²) in [4.78, 5) is 6.75. The molecule has 0 saturated carbocycles. The largest absolute Gasteiger partial charge is 0.308 e. The van der Waals surface area contributed by atoms with Crippen LogP contribution in [0.25, 0.3) is 10.4 Å². The van der Waals surface area contributed by atoms with Crippen molar-refractivity contribution in [3.63, 3.8) is 0 Å². The van der Waals surface area contributed by atoms with Gasteiger partial charge in [0.1, 0.15) is 0 Å². The quantitative estimate of drug-likeness (QED) is 0.704. The molecule has 0 saturated heterocycles. The summed E-state index contributed by atoms with van der Waals surface area (Å²) in [5.74, 6) is 0. The van der Waals surface area contributed by atoms with Crippen molar-refractivity contribution in [2.45, 2.75) is 13.1 Å². The molecule has 1 N–H and O–H groups in total. The first-order chi connectivity index (χ1) is 10.3. The Bertz CT molecular complexity index is 710. The number of halogens is 1. The lowest BCUT2D eigenvalue weighted by atomic mass is 10.2. The third kappa shape index (κ3) is 3.79. The summed E-state index contributed by atoms with van der Waals surface area (Å²) in [6, 6.07) is 16.8. The van der Waals surface area contributed by atoms with Crippen molar-refractivity contribution in [2.75, 3.05) is 0 Å². The average molecular weight is 359 g/mol. The summed E-state index contributed by atoms with van der Waals surface area (Å²) in [6.45, 7) is 1.72. The maximum atomic E-state index is 4.12. The van der Waals surface area contributed by atoms with Crippen LogP contribution in [-0.2, 0) is 13.1 Å². The third-order valence-corrected chi connectivity index (χ3v) is 4.96. The highest BCUT2D eigenvalue weighted by atomic mass is 79.9. The van der Waals surface area contributed by atoms with Gasteiger partial charge in [0.05, 0.1) is 0 Å². The van der Waals surface area contributed by atoms with E-state index in [9.17, 15) is 0 Å². The Morgan fingerprint density at radius 3 is 2.71 bits per heavy atom. The van der Waals surface area contributed by atoms with Crippen molar-refractivity contribution >= 4 is 27.3 Å². The molecule has 1 aromatic carbocycles. The Labute approximate surface area is 137 Å². The number of nitrogens with zero attached hydrogens (tertiary/aromatic N) is 1. The van der Waals surface area contributed by atoms with E-state index in [0.717, 1.165) is 17.6 Å². The molecule has 2 nitrogen and oxygen atoms in total. The molecule has 0 bridgehead atoms. The van der Waals surface area contributed by atoms with Crippen molar-refractivity contribution < 1.29 is 0 Å². The molecule has 0 aliphatic heterocycles. The molecule has 3 aromatic rings. The lowest BCUT2D eigenvalue weighted by Crippen LogP contribution is -2.11. The van der Waals surface area contributed by atoms with E-state index in [1.54, 1.807) is 6.20 Å². The van der Waals surface area contributed by atoms with Crippen LogP contribution in [0.1, 0.15) is 10.4 Å². The number of aromatic nitrogens is 1. The molecule has 4 heteroatoms. The van der Waals surface area contributed by atoms with E-state index >= 15 is 0 Å². The lowest BCUT2D eigenvalue weighted by Gasteiger charge is -2.03. The molecule has 3 rings (SSSR count). The zero-order valence-corrected chi connectivity index (χ0v) is 13.8. The van der Waals surface area contributed by atoms with Gasteiger partial charge in [-0.05, 0) is 29.8 Å². The summed E-state index contributed by atoms with van der Waals surface area (Å²) in [5, 5.41) is 3.46. The van der Waals surface area contributed by atoms with Crippen molar-refractivity contribution in [1.29, 1.82) is 0 Å². The zero-order chi connectivity index (χ0) is 14.5. The molecule has 2 heterocycles. The van der Waals surface area contributed by atoms with E-state index in [1.807, 2.05) is 29.7 Å². The maximum absolute atomic E-state index is 4.12. The lowest BCUT2D eigenvalue weighted by molar-refractivity contribution is 0.699. The van der Waals surface area contributed by atoms with Gasteiger partial charge in [-0.15, -0.1) is 11.3 Å². The van der Waals surface area contributed by atoms with Crippen LogP contribution in [0, 0.1) is 0 Å². The number of pyridine rings is 1. The van der Waals surface area contributed by atoms with Gasteiger partial charge in [0.25, 0.3) is 0 Å². The van der Waals surface area contributed by atoms with Gasteiger partial charge in [0.2, 0.25) is 0 Å². The second-order valence-corrected chi connectivity index (χ2v) is 6.73. The molecule has 21 heavy (non-hydrogen) atoms. The van der Waals surface area contributed by atoms with Crippen LogP contribution in [0.5, 0.6) is 0 Å². The summed E-state index contributed by atoms with van der Waals surface area (Å²) >= 11 is 5.44. The van der Waals surface area contributed by atoms with E-state index in [2.05, 4.69) is 62.6 Å². The van der Waals surface area contributed by atoms with Crippen LogP contribution < -0.4 is 5.32 Å². The predicted molar refractivity (Wildman–Crippen MR) is 92.2 cm³/mol. The van der Waals surface area contributed by atoms with Gasteiger partial charge in [-0.2, -0.15) is 0 Å². The van der Waals surface area contributed by atoms with Gasteiger partial charge in [0, 0.05) is 45.3 Å². The molecular weight excluding hydrogens is 344 g/mol. The minimum Gasteiger partial charge on any atom is -0.308 e. The van der Waals surface area contributed by atoms with Gasteiger partial charge in [0.15, 0.2) is 0 Å². The smallest absolute Gasteiger partial charge is 0.0357 e. The van der Waals surface area contributed by atoms with Crippen LogP contribution >= 0.6 is 27.3 Å². The van der Waals surface area contributed by atoms with Crippen molar-refractivity contribution in [3.05, 3.63) is 75.8 Å². The Morgan fingerprint density at radius 2 is 1.90 bits per heavy atom. The van der Waals surface area contributed by atoms with Crippen molar-refractivity contribution in [1.82, 2.24) is 10.3 Å². The topological polar surface area (TPSA) is 24.9 Å². The van der Waals surface area contributed by atoms with Crippen molar-refractivity contribution in [3.8, 4) is 10.4 Å². The second kappa shape index (κ2) is 6.98. The third-order valence-electron chi connectivity index (χ3n) is 3.15. The van der Waals surface area contributed by atoms with Gasteiger partial charge >= 0.3 is 0 Å². The summed E-state index contributed by atoms with van der Waals surface area (Å²) < 4.78 is 1.14. The van der Waals surface area contributed by atoms with E-state index in [1.165, 1.54) is 20.9 Å². The van der Waals surface area contributed by atoms with Crippen LogP contribution in [0.4, 0.5) is 0 Å². The maximum Gasteiger partial charge on any atom is 0.0357 e. The monoisotopic (exact) mass is 358 g/mol.